The molecule has 1 N–H and O–H groups in total. The van der Waals surface area contributed by atoms with E-state index >= 15 is 0 Å². The predicted octanol–water partition coefficient (Wildman–Crippen LogP) is 1.97. The Morgan fingerprint density at radius 1 is 1.17 bits per heavy atom. The maximum Gasteiger partial charge on any atom is 0.288 e. The number of amides is 1. The Hall–Kier alpha value is -2.74. The highest BCUT2D eigenvalue weighted by Crippen LogP contribution is 2.24. The van der Waals surface area contributed by atoms with Crippen molar-refractivity contribution in [2.75, 3.05) is 12.8 Å². The summed E-state index contributed by atoms with van der Waals surface area (Å²) in [5, 5.41) is 13.7. The minimum atomic E-state index is -3.75. The summed E-state index contributed by atoms with van der Waals surface area (Å²) in [7, 11) is -3.75. The van der Waals surface area contributed by atoms with Crippen LogP contribution in [0.5, 0.6) is 0 Å². The van der Waals surface area contributed by atoms with Crippen molar-refractivity contribution < 1.29 is 18.1 Å². The third-order valence-electron chi connectivity index (χ3n) is 3.36. The average molecular weight is 348 g/mol. The van der Waals surface area contributed by atoms with E-state index in [1.54, 1.807) is 0 Å². The van der Waals surface area contributed by atoms with E-state index in [9.17, 15) is 23.3 Å². The third kappa shape index (κ3) is 4.39. The van der Waals surface area contributed by atoms with Crippen LogP contribution in [0.1, 0.15) is 15.9 Å². The van der Waals surface area contributed by atoms with Crippen LogP contribution in [0.25, 0.3) is 0 Å². The first-order valence-electron chi connectivity index (χ1n) is 7.09. The lowest BCUT2D eigenvalue weighted by molar-refractivity contribution is -0.387. The Bertz CT molecular complexity index is 863. The first-order chi connectivity index (χ1) is 11.3. The molecule has 8 heteroatoms. The first-order valence-corrected chi connectivity index (χ1v) is 8.99. The lowest BCUT2D eigenvalue weighted by Crippen LogP contribution is -2.25. The maximum absolute atomic E-state index is 12.1. The van der Waals surface area contributed by atoms with Gasteiger partial charge in [-0.15, -0.1) is 0 Å². The zero-order valence-corrected chi connectivity index (χ0v) is 13.7. The van der Waals surface area contributed by atoms with E-state index in [4.69, 9.17) is 0 Å². The number of nitrogens with one attached hydrogen (secondary N) is 1. The third-order valence-corrected chi connectivity index (χ3v) is 4.50. The number of hydrogen-bond acceptors (Lipinski definition) is 5. The van der Waals surface area contributed by atoms with Gasteiger partial charge < -0.3 is 5.32 Å². The molecule has 0 saturated carbocycles. The smallest absolute Gasteiger partial charge is 0.288 e. The van der Waals surface area contributed by atoms with E-state index in [0.29, 0.717) is 13.0 Å². The molecule has 0 spiro atoms. The molecule has 126 valence electrons. The summed E-state index contributed by atoms with van der Waals surface area (Å²) < 4.78 is 23.1. The van der Waals surface area contributed by atoms with Crippen molar-refractivity contribution in [2.45, 2.75) is 11.3 Å². The molecule has 0 radical (unpaired) electrons. The molecule has 24 heavy (non-hydrogen) atoms. The largest absolute Gasteiger partial charge is 0.352 e. The van der Waals surface area contributed by atoms with Gasteiger partial charge in [0.05, 0.1) is 4.92 Å². The summed E-state index contributed by atoms with van der Waals surface area (Å²) in [5.74, 6) is -0.492. The molecule has 0 unspecified atom stereocenters. The van der Waals surface area contributed by atoms with Crippen LogP contribution in [-0.4, -0.2) is 32.0 Å². The molecule has 1 amide bonds. The van der Waals surface area contributed by atoms with E-state index < -0.39 is 31.3 Å². The minimum absolute atomic E-state index is 0.0437. The second kappa shape index (κ2) is 7.22. The summed E-state index contributed by atoms with van der Waals surface area (Å²) in [5.41, 5.74) is 0.492. The van der Waals surface area contributed by atoms with Crippen LogP contribution in [0.3, 0.4) is 0 Å². The van der Waals surface area contributed by atoms with Crippen molar-refractivity contribution >= 4 is 21.4 Å². The molecule has 0 aliphatic rings. The summed E-state index contributed by atoms with van der Waals surface area (Å²) in [6.07, 6.45) is 1.50. The van der Waals surface area contributed by atoms with Gasteiger partial charge in [0, 0.05) is 24.4 Å². The fraction of sp³-hybridized carbons (Fsp3) is 0.188. The van der Waals surface area contributed by atoms with Crippen molar-refractivity contribution in [3.05, 3.63) is 69.8 Å². The minimum Gasteiger partial charge on any atom is -0.352 e. The summed E-state index contributed by atoms with van der Waals surface area (Å²) in [4.78, 5) is 21.9. The van der Waals surface area contributed by atoms with Crippen LogP contribution in [-0.2, 0) is 16.3 Å². The fourth-order valence-corrected chi connectivity index (χ4v) is 3.01. The molecule has 2 rings (SSSR count). The highest BCUT2D eigenvalue weighted by Gasteiger charge is 2.23. The molecule has 0 fully saturated rings. The Morgan fingerprint density at radius 2 is 1.83 bits per heavy atom. The second-order valence-corrected chi connectivity index (χ2v) is 7.19. The lowest BCUT2D eigenvalue weighted by Gasteiger charge is -2.07. The number of carbonyl (C=O) groups excluding carboxylic acids is 1. The van der Waals surface area contributed by atoms with Crippen molar-refractivity contribution in [1.29, 1.82) is 0 Å². The van der Waals surface area contributed by atoms with Gasteiger partial charge in [-0.25, -0.2) is 8.42 Å². The highest BCUT2D eigenvalue weighted by molar-refractivity contribution is 7.90. The maximum atomic E-state index is 12.1. The summed E-state index contributed by atoms with van der Waals surface area (Å²) in [6.45, 7) is 0.366. The number of hydrogen-bond donors (Lipinski definition) is 1. The molecule has 0 aliphatic heterocycles. The van der Waals surface area contributed by atoms with Gasteiger partial charge in [-0.2, -0.15) is 0 Å². The Morgan fingerprint density at radius 3 is 2.42 bits per heavy atom. The van der Waals surface area contributed by atoms with Gasteiger partial charge in [-0.05, 0) is 24.1 Å². The number of sulfone groups is 1. The zero-order chi connectivity index (χ0) is 17.7. The second-order valence-electron chi connectivity index (χ2n) is 5.20. The van der Waals surface area contributed by atoms with Gasteiger partial charge in [-0.3, -0.25) is 14.9 Å². The highest BCUT2D eigenvalue weighted by atomic mass is 32.2. The Kier molecular flexibility index (Phi) is 5.30. The molecule has 0 bridgehead atoms. The SMILES string of the molecule is CS(=O)(=O)c1ccc(C(=O)NCCc2ccccc2)cc1[N+](=O)[O-]. The number of benzene rings is 2. The summed E-state index contributed by atoms with van der Waals surface area (Å²) in [6, 6.07) is 12.9. The van der Waals surface area contributed by atoms with E-state index in [2.05, 4.69) is 5.32 Å². The van der Waals surface area contributed by atoms with E-state index in [1.807, 2.05) is 30.3 Å². The molecule has 7 nitrogen and oxygen atoms in total. The monoisotopic (exact) mass is 348 g/mol. The standard InChI is InChI=1S/C16H16N2O5S/c1-24(22,23)15-8-7-13(11-14(15)18(20)21)16(19)17-10-9-12-5-3-2-4-6-12/h2-8,11H,9-10H2,1H3,(H,17,19). The average Bonchev–Trinajstić information content (AvgIpc) is 2.54. The molecule has 2 aromatic rings. The fourth-order valence-electron chi connectivity index (χ4n) is 2.18. The van der Waals surface area contributed by atoms with Crippen molar-refractivity contribution in [1.82, 2.24) is 5.32 Å². The van der Waals surface area contributed by atoms with E-state index in [1.165, 1.54) is 6.07 Å². The van der Waals surface area contributed by atoms with Crippen LogP contribution in [0.15, 0.2) is 53.4 Å². The van der Waals surface area contributed by atoms with Crippen LogP contribution < -0.4 is 5.32 Å². The predicted molar refractivity (Wildman–Crippen MR) is 88.7 cm³/mol. The molecular weight excluding hydrogens is 332 g/mol. The number of nitro groups is 1. The van der Waals surface area contributed by atoms with Crippen molar-refractivity contribution in [3.63, 3.8) is 0 Å². The Labute approximate surface area is 139 Å². The molecule has 0 saturated heterocycles. The van der Waals surface area contributed by atoms with Crippen LogP contribution >= 0.6 is 0 Å². The van der Waals surface area contributed by atoms with Crippen LogP contribution in [0.2, 0.25) is 0 Å². The number of nitro benzene ring substituents is 1. The van der Waals surface area contributed by atoms with Crippen LogP contribution in [0.4, 0.5) is 5.69 Å². The number of nitrogens with zero attached hydrogens (tertiary/aromatic N) is 1. The van der Waals surface area contributed by atoms with Gasteiger partial charge >= 0.3 is 0 Å². The molecule has 0 aliphatic carbocycles. The van der Waals surface area contributed by atoms with Gasteiger partial charge in [0.2, 0.25) is 0 Å². The quantitative estimate of drug-likeness (QED) is 0.634. The molecule has 2 aromatic carbocycles. The van der Waals surface area contributed by atoms with Crippen molar-refractivity contribution in [2.24, 2.45) is 0 Å². The van der Waals surface area contributed by atoms with E-state index in [-0.39, 0.29) is 5.56 Å². The van der Waals surface area contributed by atoms with Gasteiger partial charge in [0.15, 0.2) is 9.84 Å². The van der Waals surface area contributed by atoms with Gasteiger partial charge in [0.1, 0.15) is 4.90 Å². The summed E-state index contributed by atoms with van der Waals surface area (Å²) >= 11 is 0. The molecule has 0 aromatic heterocycles. The molecular formula is C16H16N2O5S. The topological polar surface area (TPSA) is 106 Å². The van der Waals surface area contributed by atoms with Crippen molar-refractivity contribution in [3.8, 4) is 0 Å². The zero-order valence-electron chi connectivity index (χ0n) is 12.9. The number of carbonyl (C=O) groups is 1. The van der Waals surface area contributed by atoms with Gasteiger partial charge in [-0.1, -0.05) is 30.3 Å². The lowest BCUT2D eigenvalue weighted by atomic mass is 10.1. The molecule has 0 atom stereocenters. The Balaban J connectivity index is 2.12. The van der Waals surface area contributed by atoms with E-state index in [0.717, 1.165) is 24.0 Å². The normalized spacial score (nSPS) is 11.0. The van der Waals surface area contributed by atoms with Crippen LogP contribution in [0, 0.1) is 10.1 Å². The molecule has 0 heterocycles. The number of rotatable bonds is 6. The van der Waals surface area contributed by atoms with Gasteiger partial charge in [0.25, 0.3) is 11.6 Å². The first kappa shape index (κ1) is 17.6.